The van der Waals surface area contributed by atoms with Crippen LogP contribution >= 0.6 is 0 Å². The van der Waals surface area contributed by atoms with Crippen LogP contribution in [0.4, 0.5) is 5.69 Å². The highest BCUT2D eigenvalue weighted by atomic mass is 16.5. The van der Waals surface area contributed by atoms with Gasteiger partial charge in [-0.25, -0.2) is 4.79 Å². The Hall–Kier alpha value is -1.81. The molecule has 0 radical (unpaired) electrons. The number of carbonyl (C=O) groups excluding carboxylic acids is 1. The van der Waals surface area contributed by atoms with Crippen LogP contribution in [0.25, 0.3) is 6.08 Å². The van der Waals surface area contributed by atoms with Gasteiger partial charge in [-0.15, -0.1) is 0 Å². The Morgan fingerprint density at radius 2 is 2.19 bits per heavy atom. The van der Waals surface area contributed by atoms with E-state index in [4.69, 9.17) is 11.5 Å². The van der Waals surface area contributed by atoms with E-state index in [9.17, 15) is 4.79 Å². The van der Waals surface area contributed by atoms with E-state index in [1.807, 2.05) is 12.2 Å². The van der Waals surface area contributed by atoms with Gasteiger partial charge in [-0.05, 0) is 36.7 Å². The molecule has 0 fully saturated rings. The molecule has 4 N–H and O–H groups in total. The first-order chi connectivity index (χ1) is 7.67. The number of hydrogen-bond donors (Lipinski definition) is 2. The Bertz CT molecular complexity index is 400. The number of hydrogen-bond acceptors (Lipinski definition) is 4. The summed E-state index contributed by atoms with van der Waals surface area (Å²) in [4.78, 5) is 11.3. The van der Waals surface area contributed by atoms with Crippen LogP contribution in [0.1, 0.15) is 22.3 Å². The van der Waals surface area contributed by atoms with Crippen molar-refractivity contribution in [3.63, 3.8) is 0 Å². The Morgan fingerprint density at radius 3 is 2.81 bits per heavy atom. The third-order valence-electron chi connectivity index (χ3n) is 2.04. The van der Waals surface area contributed by atoms with Gasteiger partial charge in [0.1, 0.15) is 0 Å². The van der Waals surface area contributed by atoms with Crippen LogP contribution in [0.5, 0.6) is 0 Å². The van der Waals surface area contributed by atoms with E-state index < -0.39 is 0 Å². The molecule has 0 spiro atoms. The maximum absolute atomic E-state index is 11.3. The third kappa shape index (κ3) is 3.40. The lowest BCUT2D eigenvalue weighted by Gasteiger charge is -2.03. The first kappa shape index (κ1) is 12.3. The summed E-state index contributed by atoms with van der Waals surface area (Å²) in [5.74, 6) is -0.388. The zero-order chi connectivity index (χ0) is 12.0. The second-order valence-electron chi connectivity index (χ2n) is 3.36. The van der Waals surface area contributed by atoms with Crippen molar-refractivity contribution in [2.45, 2.75) is 6.42 Å². The minimum atomic E-state index is -0.388. The van der Waals surface area contributed by atoms with Gasteiger partial charge in [-0.2, -0.15) is 0 Å². The SMILES string of the molecule is COC(=O)c1cc(N)cc(C=CCCN)c1. The van der Waals surface area contributed by atoms with E-state index >= 15 is 0 Å². The van der Waals surface area contributed by atoms with E-state index in [2.05, 4.69) is 4.74 Å². The predicted octanol–water partition coefficient (Wildman–Crippen LogP) is 1.42. The molecule has 1 aromatic rings. The van der Waals surface area contributed by atoms with Crippen LogP contribution in [0.15, 0.2) is 24.3 Å². The molecule has 0 atom stereocenters. The monoisotopic (exact) mass is 220 g/mol. The fourth-order valence-electron chi connectivity index (χ4n) is 1.32. The van der Waals surface area contributed by atoms with Crippen LogP contribution < -0.4 is 11.5 Å². The van der Waals surface area contributed by atoms with E-state index in [1.165, 1.54) is 7.11 Å². The number of nitrogens with two attached hydrogens (primary N) is 2. The quantitative estimate of drug-likeness (QED) is 0.594. The molecule has 0 amide bonds. The van der Waals surface area contributed by atoms with E-state index in [0.29, 0.717) is 17.8 Å². The van der Waals surface area contributed by atoms with Gasteiger partial charge in [0, 0.05) is 5.69 Å². The summed E-state index contributed by atoms with van der Waals surface area (Å²) in [6.45, 7) is 0.600. The molecule has 0 aliphatic carbocycles. The summed E-state index contributed by atoms with van der Waals surface area (Å²) in [5, 5.41) is 0. The number of rotatable bonds is 4. The number of nitrogen functional groups attached to an aromatic ring is 1. The number of anilines is 1. The summed E-state index contributed by atoms with van der Waals surface area (Å²) in [5.41, 5.74) is 12.9. The maximum Gasteiger partial charge on any atom is 0.337 e. The molecule has 0 aliphatic heterocycles. The molecule has 4 nitrogen and oxygen atoms in total. The summed E-state index contributed by atoms with van der Waals surface area (Å²) < 4.78 is 4.63. The molecule has 1 aromatic carbocycles. The molecular weight excluding hydrogens is 204 g/mol. The average molecular weight is 220 g/mol. The van der Waals surface area contributed by atoms with E-state index in [0.717, 1.165) is 12.0 Å². The smallest absolute Gasteiger partial charge is 0.337 e. The van der Waals surface area contributed by atoms with Crippen molar-refractivity contribution in [2.75, 3.05) is 19.4 Å². The molecule has 0 saturated carbocycles. The van der Waals surface area contributed by atoms with Crippen molar-refractivity contribution in [1.29, 1.82) is 0 Å². The average Bonchev–Trinajstić information content (AvgIpc) is 2.27. The van der Waals surface area contributed by atoms with E-state index in [1.54, 1.807) is 18.2 Å². The molecule has 0 unspecified atom stereocenters. The lowest BCUT2D eigenvalue weighted by Crippen LogP contribution is -2.02. The topological polar surface area (TPSA) is 78.3 Å². The zero-order valence-electron chi connectivity index (χ0n) is 9.27. The van der Waals surface area contributed by atoms with Gasteiger partial charge in [0.25, 0.3) is 0 Å². The summed E-state index contributed by atoms with van der Waals surface area (Å²) in [6.07, 6.45) is 4.62. The third-order valence-corrected chi connectivity index (χ3v) is 2.04. The predicted molar refractivity (Wildman–Crippen MR) is 64.9 cm³/mol. The van der Waals surface area contributed by atoms with Crippen LogP contribution in [0, 0.1) is 0 Å². The molecule has 0 heterocycles. The van der Waals surface area contributed by atoms with Crippen molar-refractivity contribution in [2.24, 2.45) is 5.73 Å². The molecule has 86 valence electrons. The Balaban J connectivity index is 2.94. The number of carbonyl (C=O) groups is 1. The molecule has 0 bridgehead atoms. The van der Waals surface area contributed by atoms with Crippen molar-refractivity contribution in [3.05, 3.63) is 35.4 Å². The second-order valence-corrected chi connectivity index (χ2v) is 3.36. The van der Waals surface area contributed by atoms with Crippen LogP contribution in [-0.2, 0) is 4.74 Å². The molecule has 1 rings (SSSR count). The van der Waals surface area contributed by atoms with Gasteiger partial charge >= 0.3 is 5.97 Å². The number of ether oxygens (including phenoxy) is 1. The normalized spacial score (nSPS) is 10.6. The van der Waals surface area contributed by atoms with Crippen molar-refractivity contribution < 1.29 is 9.53 Å². The van der Waals surface area contributed by atoms with Crippen molar-refractivity contribution in [3.8, 4) is 0 Å². The van der Waals surface area contributed by atoms with Crippen molar-refractivity contribution >= 4 is 17.7 Å². The lowest BCUT2D eigenvalue weighted by molar-refractivity contribution is 0.0601. The minimum absolute atomic E-state index is 0.388. The standard InChI is InChI=1S/C12H16N2O2/c1-16-12(15)10-6-9(4-2-3-5-13)7-11(14)8-10/h2,4,6-8H,3,5,13-14H2,1H3. The van der Waals surface area contributed by atoms with Gasteiger partial charge in [0.2, 0.25) is 0 Å². The summed E-state index contributed by atoms with van der Waals surface area (Å²) in [6, 6.07) is 5.11. The fourth-order valence-corrected chi connectivity index (χ4v) is 1.32. The van der Waals surface area contributed by atoms with Gasteiger partial charge < -0.3 is 16.2 Å². The Kier molecular flexibility index (Phi) is 4.54. The second kappa shape index (κ2) is 5.92. The van der Waals surface area contributed by atoms with Crippen LogP contribution in [0.2, 0.25) is 0 Å². The number of benzene rings is 1. The van der Waals surface area contributed by atoms with Crippen molar-refractivity contribution in [1.82, 2.24) is 0 Å². The molecule has 0 aromatic heterocycles. The van der Waals surface area contributed by atoms with E-state index in [-0.39, 0.29) is 5.97 Å². The molecule has 0 saturated heterocycles. The first-order valence-corrected chi connectivity index (χ1v) is 5.03. The van der Waals surface area contributed by atoms with Gasteiger partial charge in [-0.1, -0.05) is 12.2 Å². The summed E-state index contributed by atoms with van der Waals surface area (Å²) >= 11 is 0. The zero-order valence-corrected chi connectivity index (χ0v) is 9.27. The summed E-state index contributed by atoms with van der Waals surface area (Å²) in [7, 11) is 1.34. The highest BCUT2D eigenvalue weighted by Gasteiger charge is 2.06. The fraction of sp³-hybridized carbons (Fsp3) is 0.250. The molecule has 0 aliphatic rings. The van der Waals surface area contributed by atoms with Gasteiger partial charge in [0.15, 0.2) is 0 Å². The van der Waals surface area contributed by atoms with Crippen LogP contribution in [-0.4, -0.2) is 19.6 Å². The first-order valence-electron chi connectivity index (χ1n) is 5.03. The Morgan fingerprint density at radius 1 is 1.44 bits per heavy atom. The molecule has 4 heteroatoms. The number of methoxy groups -OCH3 is 1. The maximum atomic E-state index is 11.3. The number of esters is 1. The largest absolute Gasteiger partial charge is 0.465 e. The van der Waals surface area contributed by atoms with Crippen LogP contribution in [0.3, 0.4) is 0 Å². The lowest BCUT2D eigenvalue weighted by atomic mass is 10.1. The molecular formula is C12H16N2O2. The van der Waals surface area contributed by atoms with Gasteiger partial charge in [-0.3, -0.25) is 0 Å². The Labute approximate surface area is 94.9 Å². The highest BCUT2D eigenvalue weighted by molar-refractivity contribution is 5.91. The molecule has 16 heavy (non-hydrogen) atoms. The van der Waals surface area contributed by atoms with Gasteiger partial charge in [0.05, 0.1) is 12.7 Å². The highest BCUT2D eigenvalue weighted by Crippen LogP contribution is 2.14. The minimum Gasteiger partial charge on any atom is -0.465 e.